The third kappa shape index (κ3) is 8.78. The summed E-state index contributed by atoms with van der Waals surface area (Å²) in [6, 6.07) is 4.23. The summed E-state index contributed by atoms with van der Waals surface area (Å²) < 4.78 is 91.7. The maximum Gasteiger partial charge on any atom is 0.416 e. The Hall–Kier alpha value is -3.06. The molecule has 0 atom stereocenters. The minimum Gasteiger partial charge on any atom is -0.385 e. The number of halogens is 6. The minimum atomic E-state index is -5.11. The van der Waals surface area contributed by atoms with Crippen LogP contribution in [0.25, 0.3) is 0 Å². The molecule has 0 aliphatic heterocycles. The Morgan fingerprint density at radius 3 is 1.97 bits per heavy atom. The molecule has 0 bridgehead atoms. The Balaban J connectivity index is 2.39. The molecule has 1 aromatic heterocycles. The van der Waals surface area contributed by atoms with Crippen LogP contribution in [0.3, 0.4) is 0 Å². The smallest absolute Gasteiger partial charge is 0.385 e. The van der Waals surface area contributed by atoms with E-state index in [0.29, 0.717) is 12.1 Å². The number of benzene rings is 1. The second kappa shape index (κ2) is 13.0. The fraction of sp³-hybridized carbons (Fsp3) is 0.500. The lowest BCUT2D eigenvalue weighted by molar-refractivity contribution is -0.143. The number of hydrogen-bond acceptors (Lipinski definition) is 4. The van der Waals surface area contributed by atoms with Gasteiger partial charge in [0.15, 0.2) is 0 Å². The Labute approximate surface area is 210 Å². The van der Waals surface area contributed by atoms with Crippen LogP contribution in [0.5, 0.6) is 0 Å². The number of aromatic nitrogens is 1. The SMILES string of the molecule is COCCCN(CC(=O)N(CCOC)Cc1cccn1C)C(=O)c1cc(C(F)(F)F)cc(C(F)(F)F)c1. The van der Waals surface area contributed by atoms with Gasteiger partial charge in [0.05, 0.1) is 24.3 Å². The summed E-state index contributed by atoms with van der Waals surface area (Å²) >= 11 is 0. The molecule has 2 aromatic rings. The molecule has 0 spiro atoms. The summed E-state index contributed by atoms with van der Waals surface area (Å²) in [5.74, 6) is -1.68. The standard InChI is InChI=1S/C24H29F6N3O4/c1-31-7-4-6-20(31)15-32(9-11-37-3)21(34)16-33(8-5-10-36-2)22(35)17-12-18(23(25,26)27)14-19(13-17)24(28,29)30/h4,6-7,12-14H,5,8-11,15-16H2,1-3H3. The highest BCUT2D eigenvalue weighted by atomic mass is 19.4. The number of ether oxygens (including phenoxy) is 2. The van der Waals surface area contributed by atoms with E-state index in [1.54, 1.807) is 29.9 Å². The minimum absolute atomic E-state index is 0.0520. The highest BCUT2D eigenvalue weighted by Crippen LogP contribution is 2.36. The van der Waals surface area contributed by atoms with E-state index in [2.05, 4.69) is 0 Å². The monoisotopic (exact) mass is 537 g/mol. The van der Waals surface area contributed by atoms with Crippen LogP contribution >= 0.6 is 0 Å². The van der Waals surface area contributed by atoms with Crippen molar-refractivity contribution in [2.75, 3.05) is 47.1 Å². The zero-order valence-corrected chi connectivity index (χ0v) is 20.7. The van der Waals surface area contributed by atoms with Crippen LogP contribution in [0.15, 0.2) is 36.5 Å². The summed E-state index contributed by atoms with van der Waals surface area (Å²) in [6.07, 6.45) is -8.24. The van der Waals surface area contributed by atoms with E-state index in [-0.39, 0.29) is 45.3 Å². The zero-order valence-electron chi connectivity index (χ0n) is 20.7. The number of carbonyl (C=O) groups excluding carboxylic acids is 2. The fourth-order valence-electron chi connectivity index (χ4n) is 3.53. The molecule has 37 heavy (non-hydrogen) atoms. The maximum atomic E-state index is 13.3. The van der Waals surface area contributed by atoms with Gasteiger partial charge in [-0.1, -0.05) is 0 Å². The molecule has 0 N–H and O–H groups in total. The average molecular weight is 538 g/mol. The Morgan fingerprint density at radius 1 is 0.892 bits per heavy atom. The van der Waals surface area contributed by atoms with Crippen LogP contribution in [0.4, 0.5) is 26.3 Å². The van der Waals surface area contributed by atoms with Gasteiger partial charge in [0.25, 0.3) is 5.91 Å². The molecule has 0 aliphatic carbocycles. The van der Waals surface area contributed by atoms with E-state index in [0.717, 1.165) is 10.6 Å². The largest absolute Gasteiger partial charge is 0.416 e. The van der Waals surface area contributed by atoms with Crippen LogP contribution in [0.2, 0.25) is 0 Å². The summed E-state index contributed by atoms with van der Waals surface area (Å²) in [6.45, 7) is -0.0377. The molecule has 7 nitrogen and oxygen atoms in total. The number of rotatable bonds is 12. The van der Waals surface area contributed by atoms with Crippen LogP contribution in [0.1, 0.15) is 33.6 Å². The summed E-state index contributed by atoms with van der Waals surface area (Å²) in [7, 11) is 4.62. The number of methoxy groups -OCH3 is 2. The van der Waals surface area contributed by atoms with Gasteiger partial charge < -0.3 is 23.8 Å². The number of amides is 2. The number of aryl methyl sites for hydroxylation is 1. The summed E-state index contributed by atoms with van der Waals surface area (Å²) in [5, 5.41) is 0. The molecule has 1 aromatic carbocycles. The second-order valence-electron chi connectivity index (χ2n) is 8.29. The van der Waals surface area contributed by atoms with Crippen LogP contribution in [-0.2, 0) is 40.2 Å². The first-order valence-electron chi connectivity index (χ1n) is 11.2. The number of carbonyl (C=O) groups is 2. The van der Waals surface area contributed by atoms with Crippen molar-refractivity contribution in [1.82, 2.24) is 14.4 Å². The van der Waals surface area contributed by atoms with Gasteiger partial charge in [0, 0.05) is 58.4 Å². The average Bonchev–Trinajstić information content (AvgIpc) is 3.23. The summed E-state index contributed by atoms with van der Waals surface area (Å²) in [4.78, 5) is 28.7. The second-order valence-corrected chi connectivity index (χ2v) is 8.29. The van der Waals surface area contributed by atoms with Gasteiger partial charge in [0.2, 0.25) is 5.91 Å². The maximum absolute atomic E-state index is 13.3. The summed E-state index contributed by atoms with van der Waals surface area (Å²) in [5.41, 5.74) is -3.27. The number of nitrogens with zero attached hydrogens (tertiary/aromatic N) is 3. The molecular formula is C24H29F6N3O4. The van der Waals surface area contributed by atoms with Gasteiger partial charge >= 0.3 is 12.4 Å². The first-order valence-corrected chi connectivity index (χ1v) is 11.2. The molecule has 13 heteroatoms. The first kappa shape index (κ1) is 30.2. The third-order valence-electron chi connectivity index (χ3n) is 5.55. The quantitative estimate of drug-likeness (QED) is 0.301. The zero-order chi connectivity index (χ0) is 27.8. The fourth-order valence-corrected chi connectivity index (χ4v) is 3.53. The highest BCUT2D eigenvalue weighted by Gasteiger charge is 2.38. The molecule has 0 fully saturated rings. The van der Waals surface area contributed by atoms with Crippen molar-refractivity contribution in [3.05, 3.63) is 58.9 Å². The Morgan fingerprint density at radius 2 is 1.49 bits per heavy atom. The van der Waals surface area contributed by atoms with Crippen molar-refractivity contribution in [2.24, 2.45) is 7.05 Å². The lowest BCUT2D eigenvalue weighted by atomic mass is 10.0. The topological polar surface area (TPSA) is 64.0 Å². The molecule has 2 amide bonds. The highest BCUT2D eigenvalue weighted by molar-refractivity contribution is 5.97. The Bertz CT molecular complexity index is 1020. The van der Waals surface area contributed by atoms with E-state index < -0.39 is 47.4 Å². The lowest BCUT2D eigenvalue weighted by Gasteiger charge is -2.28. The van der Waals surface area contributed by atoms with E-state index in [1.807, 2.05) is 0 Å². The molecule has 0 saturated carbocycles. The lowest BCUT2D eigenvalue weighted by Crippen LogP contribution is -2.44. The van der Waals surface area contributed by atoms with Gasteiger partial charge in [-0.25, -0.2) is 0 Å². The number of hydrogen-bond donors (Lipinski definition) is 0. The van der Waals surface area contributed by atoms with Crippen molar-refractivity contribution in [3.63, 3.8) is 0 Å². The third-order valence-corrected chi connectivity index (χ3v) is 5.55. The van der Waals surface area contributed by atoms with Crippen molar-refractivity contribution in [2.45, 2.75) is 25.3 Å². The molecule has 2 rings (SSSR count). The normalized spacial score (nSPS) is 12.0. The van der Waals surface area contributed by atoms with Gasteiger partial charge in [-0.05, 0) is 36.8 Å². The molecule has 0 aliphatic rings. The molecule has 0 unspecified atom stereocenters. The molecule has 0 radical (unpaired) electrons. The predicted molar refractivity (Wildman–Crippen MR) is 122 cm³/mol. The van der Waals surface area contributed by atoms with Gasteiger partial charge in [0.1, 0.15) is 6.54 Å². The van der Waals surface area contributed by atoms with Crippen molar-refractivity contribution in [1.29, 1.82) is 0 Å². The number of alkyl halides is 6. The Kier molecular flexibility index (Phi) is 10.6. The molecule has 1 heterocycles. The van der Waals surface area contributed by atoms with Crippen LogP contribution < -0.4 is 0 Å². The molecular weight excluding hydrogens is 508 g/mol. The molecule has 0 saturated heterocycles. The van der Waals surface area contributed by atoms with Crippen molar-refractivity contribution >= 4 is 11.8 Å². The van der Waals surface area contributed by atoms with Crippen molar-refractivity contribution in [3.8, 4) is 0 Å². The van der Waals surface area contributed by atoms with Crippen molar-refractivity contribution < 1.29 is 45.4 Å². The van der Waals surface area contributed by atoms with Gasteiger partial charge in [-0.3, -0.25) is 9.59 Å². The van der Waals surface area contributed by atoms with Gasteiger partial charge in [-0.2, -0.15) is 26.3 Å². The van der Waals surface area contributed by atoms with E-state index >= 15 is 0 Å². The van der Waals surface area contributed by atoms with Gasteiger partial charge in [-0.15, -0.1) is 0 Å². The van der Waals surface area contributed by atoms with Crippen LogP contribution in [0, 0.1) is 0 Å². The van der Waals surface area contributed by atoms with E-state index in [1.165, 1.54) is 19.1 Å². The van der Waals surface area contributed by atoms with E-state index in [4.69, 9.17) is 9.47 Å². The first-order chi connectivity index (χ1) is 17.3. The molecule has 206 valence electrons. The van der Waals surface area contributed by atoms with E-state index in [9.17, 15) is 35.9 Å². The predicted octanol–water partition coefficient (Wildman–Crippen LogP) is 4.22. The van der Waals surface area contributed by atoms with Crippen LogP contribution in [-0.4, -0.2) is 73.2 Å².